The molecule has 0 aliphatic carbocycles. The second kappa shape index (κ2) is 6.75. The first-order valence-corrected chi connectivity index (χ1v) is 8.52. The molecule has 3 heterocycles. The van der Waals surface area contributed by atoms with E-state index in [0.29, 0.717) is 22.7 Å². The minimum Gasteiger partial charge on any atom is -0.493 e. The Hall–Kier alpha value is -3.36. The fourth-order valence-corrected chi connectivity index (χ4v) is 3.11. The van der Waals surface area contributed by atoms with Crippen LogP contribution < -0.4 is 14.4 Å². The van der Waals surface area contributed by atoms with Gasteiger partial charge in [-0.15, -0.1) is 15.3 Å². The van der Waals surface area contributed by atoms with Crippen molar-refractivity contribution in [2.45, 2.75) is 6.04 Å². The van der Waals surface area contributed by atoms with Crippen LogP contribution in [0.15, 0.2) is 36.7 Å². The molecule has 9 heteroatoms. The third-order valence-corrected chi connectivity index (χ3v) is 4.83. The van der Waals surface area contributed by atoms with Gasteiger partial charge in [0, 0.05) is 25.7 Å². The number of nitrogens with zero attached hydrogens (tertiary/aromatic N) is 6. The van der Waals surface area contributed by atoms with Crippen molar-refractivity contribution in [2.75, 3.05) is 39.3 Å². The monoisotopic (exact) mass is 368 g/mol. The maximum Gasteiger partial charge on any atom is 0.254 e. The van der Waals surface area contributed by atoms with Crippen molar-refractivity contribution in [3.63, 3.8) is 0 Å². The zero-order chi connectivity index (χ0) is 19.0. The Morgan fingerprint density at radius 2 is 1.93 bits per heavy atom. The lowest BCUT2D eigenvalue weighted by Gasteiger charge is -2.44. The predicted molar refractivity (Wildman–Crippen MR) is 98.4 cm³/mol. The average Bonchev–Trinajstić information content (AvgIpc) is 3.13. The summed E-state index contributed by atoms with van der Waals surface area (Å²) in [5.41, 5.74) is 1.27. The summed E-state index contributed by atoms with van der Waals surface area (Å²) in [5.74, 6) is 1.92. The van der Waals surface area contributed by atoms with E-state index in [-0.39, 0.29) is 11.9 Å². The van der Waals surface area contributed by atoms with E-state index in [1.165, 1.54) is 0 Å². The number of methoxy groups -OCH3 is 2. The van der Waals surface area contributed by atoms with Crippen LogP contribution >= 0.6 is 0 Å². The first kappa shape index (κ1) is 17.1. The molecule has 1 fully saturated rings. The lowest BCUT2D eigenvalue weighted by Crippen LogP contribution is -2.60. The van der Waals surface area contributed by atoms with Crippen molar-refractivity contribution in [1.82, 2.24) is 24.7 Å². The van der Waals surface area contributed by atoms with Crippen LogP contribution in [0.2, 0.25) is 0 Å². The van der Waals surface area contributed by atoms with Gasteiger partial charge in [-0.2, -0.15) is 4.52 Å². The maximum absolute atomic E-state index is 12.8. The van der Waals surface area contributed by atoms with E-state index in [0.717, 1.165) is 18.9 Å². The number of rotatable bonds is 5. The Morgan fingerprint density at radius 3 is 2.67 bits per heavy atom. The van der Waals surface area contributed by atoms with Gasteiger partial charge >= 0.3 is 0 Å². The van der Waals surface area contributed by atoms with Crippen molar-refractivity contribution in [3.8, 4) is 11.5 Å². The quantitative estimate of drug-likeness (QED) is 0.667. The fourth-order valence-electron chi connectivity index (χ4n) is 3.11. The number of hydrogen-bond donors (Lipinski definition) is 0. The van der Waals surface area contributed by atoms with E-state index in [1.807, 2.05) is 19.2 Å². The van der Waals surface area contributed by atoms with Crippen molar-refractivity contribution < 1.29 is 14.3 Å². The minimum atomic E-state index is -0.0529. The summed E-state index contributed by atoms with van der Waals surface area (Å²) in [7, 11) is 4.94. The molecule has 1 aliphatic heterocycles. The van der Waals surface area contributed by atoms with Crippen LogP contribution in [0.3, 0.4) is 0 Å². The van der Waals surface area contributed by atoms with Gasteiger partial charge in [0.2, 0.25) is 0 Å². The highest BCUT2D eigenvalue weighted by atomic mass is 16.5. The summed E-state index contributed by atoms with van der Waals surface area (Å²) in [5, 5.41) is 12.3. The molecule has 0 atom stereocenters. The van der Waals surface area contributed by atoms with Crippen LogP contribution in [-0.4, -0.2) is 71.0 Å². The number of carbonyl (C=O) groups is 1. The van der Waals surface area contributed by atoms with Crippen LogP contribution in [-0.2, 0) is 0 Å². The molecular formula is C18H20N6O3. The number of hydrogen-bond acceptors (Lipinski definition) is 7. The van der Waals surface area contributed by atoms with Crippen molar-refractivity contribution in [2.24, 2.45) is 0 Å². The van der Waals surface area contributed by atoms with Gasteiger partial charge in [-0.1, -0.05) is 0 Å². The minimum absolute atomic E-state index is 0.0529. The molecule has 27 heavy (non-hydrogen) atoms. The van der Waals surface area contributed by atoms with Gasteiger partial charge in [-0.3, -0.25) is 4.79 Å². The summed E-state index contributed by atoms with van der Waals surface area (Å²) in [6.45, 7) is 1.44. The van der Waals surface area contributed by atoms with Gasteiger partial charge in [0.1, 0.15) is 12.1 Å². The molecule has 2 aromatic heterocycles. The van der Waals surface area contributed by atoms with E-state index in [1.54, 1.807) is 48.2 Å². The first-order valence-electron chi connectivity index (χ1n) is 8.52. The molecule has 0 unspecified atom stereocenters. The predicted octanol–water partition coefficient (Wildman–Crippen LogP) is 1.10. The first-order chi connectivity index (χ1) is 13.1. The Kier molecular flexibility index (Phi) is 4.27. The highest BCUT2D eigenvalue weighted by molar-refractivity contribution is 5.95. The summed E-state index contributed by atoms with van der Waals surface area (Å²) < 4.78 is 12.2. The molecule has 1 aliphatic rings. The number of carbonyl (C=O) groups excluding carboxylic acids is 1. The Balaban J connectivity index is 1.43. The van der Waals surface area contributed by atoms with Crippen molar-refractivity contribution in [1.29, 1.82) is 0 Å². The SMILES string of the molecule is COc1ccc(C(=O)N(C)C2CN(c3ccc4nncn4n3)C2)cc1OC. The third-order valence-electron chi connectivity index (χ3n) is 4.83. The zero-order valence-corrected chi connectivity index (χ0v) is 15.4. The summed E-state index contributed by atoms with van der Waals surface area (Å²) in [6, 6.07) is 9.10. The van der Waals surface area contributed by atoms with Gasteiger partial charge in [0.25, 0.3) is 5.91 Å². The molecule has 140 valence electrons. The largest absolute Gasteiger partial charge is 0.493 e. The van der Waals surface area contributed by atoms with Crippen molar-refractivity contribution in [3.05, 3.63) is 42.2 Å². The Labute approximate surface area is 156 Å². The summed E-state index contributed by atoms with van der Waals surface area (Å²) >= 11 is 0. The van der Waals surface area contributed by atoms with Gasteiger partial charge in [0.15, 0.2) is 17.1 Å². The number of fused-ring (bicyclic) bond motifs is 1. The zero-order valence-electron chi connectivity index (χ0n) is 15.4. The molecule has 3 aromatic rings. The number of aromatic nitrogens is 4. The maximum atomic E-state index is 12.8. The normalized spacial score (nSPS) is 14.1. The summed E-state index contributed by atoms with van der Waals surface area (Å²) in [6.07, 6.45) is 1.57. The molecular weight excluding hydrogens is 348 g/mol. The van der Waals surface area contributed by atoms with Gasteiger partial charge in [0.05, 0.1) is 20.3 Å². The molecule has 0 spiro atoms. The van der Waals surface area contributed by atoms with Crippen LogP contribution in [0.4, 0.5) is 5.82 Å². The number of ether oxygens (including phenoxy) is 2. The van der Waals surface area contributed by atoms with Gasteiger partial charge in [-0.05, 0) is 30.3 Å². The van der Waals surface area contributed by atoms with E-state index in [4.69, 9.17) is 9.47 Å². The number of likely N-dealkylation sites (N-methyl/N-ethyl adjacent to an activating group) is 1. The van der Waals surface area contributed by atoms with Gasteiger partial charge in [-0.25, -0.2) is 0 Å². The molecule has 9 nitrogen and oxygen atoms in total. The highest BCUT2D eigenvalue weighted by Crippen LogP contribution is 2.29. The van der Waals surface area contributed by atoms with E-state index in [2.05, 4.69) is 20.2 Å². The molecule has 1 amide bonds. The van der Waals surface area contributed by atoms with Crippen LogP contribution in [0.25, 0.3) is 5.65 Å². The molecule has 1 saturated heterocycles. The highest BCUT2D eigenvalue weighted by Gasteiger charge is 2.34. The molecule has 4 rings (SSSR count). The standard InChI is InChI=1S/C18H20N6O3/c1-22(18(25)12-4-5-14(26-2)15(8-12)27-3)13-9-23(10-13)17-7-6-16-20-19-11-24(16)21-17/h4-8,11,13H,9-10H2,1-3H3. The lowest BCUT2D eigenvalue weighted by atomic mass is 10.1. The van der Waals surface area contributed by atoms with Crippen molar-refractivity contribution >= 4 is 17.4 Å². The van der Waals surface area contributed by atoms with Crippen LogP contribution in [0.1, 0.15) is 10.4 Å². The molecule has 1 aromatic carbocycles. The molecule has 0 radical (unpaired) electrons. The number of amides is 1. The van der Waals surface area contributed by atoms with E-state index >= 15 is 0 Å². The van der Waals surface area contributed by atoms with E-state index in [9.17, 15) is 4.79 Å². The Morgan fingerprint density at radius 1 is 1.15 bits per heavy atom. The lowest BCUT2D eigenvalue weighted by molar-refractivity contribution is 0.0704. The fraction of sp³-hybridized carbons (Fsp3) is 0.333. The molecule has 0 N–H and O–H groups in total. The topological polar surface area (TPSA) is 85.1 Å². The van der Waals surface area contributed by atoms with Crippen LogP contribution in [0.5, 0.6) is 11.5 Å². The Bertz CT molecular complexity index is 982. The number of anilines is 1. The molecule has 0 saturated carbocycles. The second-order valence-corrected chi connectivity index (χ2v) is 6.37. The van der Waals surface area contributed by atoms with Gasteiger partial charge < -0.3 is 19.3 Å². The number of benzene rings is 1. The second-order valence-electron chi connectivity index (χ2n) is 6.37. The van der Waals surface area contributed by atoms with Crippen LogP contribution in [0, 0.1) is 0 Å². The van der Waals surface area contributed by atoms with E-state index < -0.39 is 0 Å². The summed E-state index contributed by atoms with van der Waals surface area (Å²) in [4.78, 5) is 16.7. The smallest absolute Gasteiger partial charge is 0.254 e. The average molecular weight is 368 g/mol. The third kappa shape index (κ3) is 3.01. The molecule has 0 bridgehead atoms.